The van der Waals surface area contributed by atoms with Gasteiger partial charge in [-0.25, -0.2) is 4.39 Å². The van der Waals surface area contributed by atoms with Gasteiger partial charge in [-0.15, -0.1) is 0 Å². The van der Waals surface area contributed by atoms with Crippen LogP contribution in [0.4, 0.5) is 4.39 Å². The van der Waals surface area contributed by atoms with Crippen LogP contribution in [-0.4, -0.2) is 36.2 Å². The smallest absolute Gasteiger partial charge is 0.124 e. The fourth-order valence-electron chi connectivity index (χ4n) is 2.68. The lowest BCUT2D eigenvalue weighted by molar-refractivity contribution is 0.166. The van der Waals surface area contributed by atoms with Crippen molar-refractivity contribution in [2.45, 2.75) is 26.3 Å². The number of nitrogens with zero attached hydrogens (tertiary/aromatic N) is 1. The maximum absolute atomic E-state index is 13.5. The van der Waals surface area contributed by atoms with E-state index in [1.807, 2.05) is 0 Å². The van der Waals surface area contributed by atoms with Crippen molar-refractivity contribution in [2.75, 3.05) is 26.2 Å². The normalized spacial score (nSPS) is 18.8. The topological polar surface area (TPSA) is 35.5 Å². The Morgan fingerprint density at radius 1 is 1.39 bits per heavy atom. The van der Waals surface area contributed by atoms with Crippen LogP contribution in [0, 0.1) is 12.7 Å². The summed E-state index contributed by atoms with van der Waals surface area (Å²) in [5.74, 6) is -0.0318. The molecule has 1 aromatic rings. The Bertz CT molecular complexity index is 417. The molecule has 0 radical (unpaired) electrons. The number of phenolic OH excluding ortho intramolecular Hbond substituents is 1. The maximum Gasteiger partial charge on any atom is 0.124 e. The van der Waals surface area contributed by atoms with E-state index in [-0.39, 0.29) is 17.6 Å². The number of hydrogen-bond acceptors (Lipinski definition) is 3. The van der Waals surface area contributed by atoms with Gasteiger partial charge in [0.15, 0.2) is 0 Å². The number of rotatable bonds is 3. The Morgan fingerprint density at radius 3 is 2.67 bits per heavy atom. The number of hydrogen-bond donors (Lipinski definition) is 2. The van der Waals surface area contributed by atoms with Gasteiger partial charge in [0, 0.05) is 37.8 Å². The molecule has 1 fully saturated rings. The molecule has 100 valence electrons. The van der Waals surface area contributed by atoms with Crippen LogP contribution in [-0.2, 0) is 0 Å². The van der Waals surface area contributed by atoms with E-state index in [2.05, 4.69) is 17.1 Å². The van der Waals surface area contributed by atoms with Gasteiger partial charge in [0.05, 0.1) is 0 Å². The van der Waals surface area contributed by atoms with Gasteiger partial charge in [0.2, 0.25) is 0 Å². The van der Waals surface area contributed by atoms with Gasteiger partial charge in [-0.05, 0) is 31.0 Å². The molecule has 3 nitrogen and oxygen atoms in total. The summed E-state index contributed by atoms with van der Waals surface area (Å²) in [7, 11) is 0. The van der Waals surface area contributed by atoms with Crippen molar-refractivity contribution in [2.24, 2.45) is 0 Å². The standard InChI is InChI=1S/C14H21FN2O/c1-3-13(17-6-4-16-5-7-17)12-9-11(15)8-10(2)14(12)18/h8-9,13,16,18H,3-7H2,1-2H3/t13-/m0/s1. The van der Waals surface area contributed by atoms with Gasteiger partial charge in [0.1, 0.15) is 11.6 Å². The third-order valence-electron chi connectivity index (χ3n) is 3.63. The Balaban J connectivity index is 2.31. The zero-order chi connectivity index (χ0) is 13.1. The minimum absolute atomic E-state index is 0.0986. The van der Waals surface area contributed by atoms with Gasteiger partial charge in [-0.3, -0.25) is 4.90 Å². The second kappa shape index (κ2) is 5.67. The highest BCUT2D eigenvalue weighted by Crippen LogP contribution is 2.34. The second-order valence-corrected chi connectivity index (χ2v) is 4.87. The predicted molar refractivity (Wildman–Crippen MR) is 70.3 cm³/mol. The first-order chi connectivity index (χ1) is 8.63. The Hall–Kier alpha value is -1.13. The van der Waals surface area contributed by atoms with E-state index < -0.39 is 0 Å². The SMILES string of the molecule is CC[C@@H](c1cc(F)cc(C)c1O)N1CCNCC1. The molecule has 1 saturated heterocycles. The van der Waals surface area contributed by atoms with E-state index in [4.69, 9.17) is 0 Å². The van der Waals surface area contributed by atoms with Crippen molar-refractivity contribution in [1.29, 1.82) is 0 Å². The van der Waals surface area contributed by atoms with E-state index in [1.54, 1.807) is 6.92 Å². The lowest BCUT2D eigenvalue weighted by Gasteiger charge is -2.35. The van der Waals surface area contributed by atoms with Gasteiger partial charge in [-0.1, -0.05) is 6.92 Å². The van der Waals surface area contributed by atoms with E-state index >= 15 is 0 Å². The molecule has 0 aromatic heterocycles. The summed E-state index contributed by atoms with van der Waals surface area (Å²) < 4.78 is 13.5. The van der Waals surface area contributed by atoms with Crippen LogP contribution >= 0.6 is 0 Å². The molecule has 0 spiro atoms. The number of benzene rings is 1. The van der Waals surface area contributed by atoms with Crippen LogP contribution in [0.3, 0.4) is 0 Å². The molecule has 0 unspecified atom stereocenters. The minimum Gasteiger partial charge on any atom is -0.507 e. The number of aromatic hydroxyl groups is 1. The van der Waals surface area contributed by atoms with E-state index in [0.717, 1.165) is 38.2 Å². The molecule has 2 rings (SSSR count). The molecule has 18 heavy (non-hydrogen) atoms. The fraction of sp³-hybridized carbons (Fsp3) is 0.571. The number of phenols is 1. The van der Waals surface area contributed by atoms with Crippen molar-refractivity contribution < 1.29 is 9.50 Å². The van der Waals surface area contributed by atoms with Crippen LogP contribution in [0.1, 0.15) is 30.5 Å². The van der Waals surface area contributed by atoms with Crippen LogP contribution in [0.2, 0.25) is 0 Å². The fourth-order valence-corrected chi connectivity index (χ4v) is 2.68. The summed E-state index contributed by atoms with van der Waals surface area (Å²) in [4.78, 5) is 2.31. The molecule has 1 aliphatic rings. The predicted octanol–water partition coefficient (Wildman–Crippen LogP) is 2.20. The highest BCUT2D eigenvalue weighted by Gasteiger charge is 2.24. The molecule has 1 aliphatic heterocycles. The van der Waals surface area contributed by atoms with Crippen molar-refractivity contribution in [3.63, 3.8) is 0 Å². The Labute approximate surface area is 108 Å². The second-order valence-electron chi connectivity index (χ2n) is 4.87. The third-order valence-corrected chi connectivity index (χ3v) is 3.63. The number of halogens is 1. The first-order valence-electron chi connectivity index (χ1n) is 6.57. The zero-order valence-electron chi connectivity index (χ0n) is 11.0. The zero-order valence-corrected chi connectivity index (χ0v) is 11.0. The first-order valence-corrected chi connectivity index (χ1v) is 6.57. The van der Waals surface area contributed by atoms with Gasteiger partial charge >= 0.3 is 0 Å². The molecule has 0 aliphatic carbocycles. The van der Waals surface area contributed by atoms with E-state index in [0.29, 0.717) is 5.56 Å². The molecule has 1 heterocycles. The number of piperazine rings is 1. The molecular weight excluding hydrogens is 231 g/mol. The summed E-state index contributed by atoms with van der Waals surface area (Å²) in [5.41, 5.74) is 1.33. The largest absolute Gasteiger partial charge is 0.507 e. The summed E-state index contributed by atoms with van der Waals surface area (Å²) in [6.45, 7) is 7.59. The third kappa shape index (κ3) is 2.65. The van der Waals surface area contributed by atoms with Gasteiger partial charge in [0.25, 0.3) is 0 Å². The van der Waals surface area contributed by atoms with Crippen LogP contribution in [0.25, 0.3) is 0 Å². The van der Waals surface area contributed by atoms with Gasteiger partial charge < -0.3 is 10.4 Å². The Morgan fingerprint density at radius 2 is 2.06 bits per heavy atom. The highest BCUT2D eigenvalue weighted by molar-refractivity contribution is 5.42. The van der Waals surface area contributed by atoms with Gasteiger partial charge in [-0.2, -0.15) is 0 Å². The molecule has 1 atom stereocenters. The summed E-state index contributed by atoms with van der Waals surface area (Å²) in [5, 5.41) is 13.4. The van der Waals surface area contributed by atoms with Crippen molar-refractivity contribution in [3.05, 3.63) is 29.1 Å². The molecule has 0 amide bonds. The molecule has 0 bridgehead atoms. The molecule has 2 N–H and O–H groups in total. The highest BCUT2D eigenvalue weighted by atomic mass is 19.1. The average molecular weight is 252 g/mol. The van der Waals surface area contributed by atoms with Crippen LogP contribution in [0.15, 0.2) is 12.1 Å². The van der Waals surface area contributed by atoms with Crippen molar-refractivity contribution >= 4 is 0 Å². The van der Waals surface area contributed by atoms with Crippen molar-refractivity contribution in [1.82, 2.24) is 10.2 Å². The quantitative estimate of drug-likeness (QED) is 0.865. The van der Waals surface area contributed by atoms with E-state index in [1.165, 1.54) is 12.1 Å². The average Bonchev–Trinajstić information content (AvgIpc) is 2.37. The lowest BCUT2D eigenvalue weighted by Crippen LogP contribution is -2.45. The summed E-state index contributed by atoms with van der Waals surface area (Å²) >= 11 is 0. The van der Waals surface area contributed by atoms with E-state index in [9.17, 15) is 9.50 Å². The first kappa shape index (κ1) is 13.3. The molecular formula is C14H21FN2O. The Kier molecular flexibility index (Phi) is 4.19. The molecule has 0 saturated carbocycles. The minimum atomic E-state index is -0.270. The summed E-state index contributed by atoms with van der Waals surface area (Å²) in [6, 6.07) is 2.95. The lowest BCUT2D eigenvalue weighted by atomic mass is 9.98. The molecule has 4 heteroatoms. The summed E-state index contributed by atoms with van der Waals surface area (Å²) in [6.07, 6.45) is 0.871. The monoisotopic (exact) mass is 252 g/mol. The number of nitrogens with one attached hydrogen (secondary N) is 1. The molecule has 1 aromatic carbocycles. The maximum atomic E-state index is 13.5. The van der Waals surface area contributed by atoms with Crippen molar-refractivity contribution in [3.8, 4) is 5.75 Å². The van der Waals surface area contributed by atoms with Crippen LogP contribution in [0.5, 0.6) is 5.75 Å². The number of aryl methyl sites for hydroxylation is 1. The van der Waals surface area contributed by atoms with Crippen LogP contribution < -0.4 is 5.32 Å².